The number of ether oxygens (including phenoxy) is 1. The maximum absolute atomic E-state index is 11.9. The second-order valence-electron chi connectivity index (χ2n) is 4.63. The minimum atomic E-state index is -0.294. The molecule has 0 aliphatic heterocycles. The Balaban J connectivity index is 2.13. The smallest absolute Gasteiger partial charge is 0.341 e. The van der Waals surface area contributed by atoms with E-state index in [1.54, 1.807) is 6.20 Å². The van der Waals surface area contributed by atoms with E-state index in [9.17, 15) is 4.79 Å². The Bertz CT molecular complexity index is 447. The molecule has 1 aromatic rings. The maximum Gasteiger partial charge on any atom is 0.341 e. The molecule has 1 fully saturated rings. The van der Waals surface area contributed by atoms with Crippen molar-refractivity contribution in [1.82, 2.24) is 9.97 Å². The van der Waals surface area contributed by atoms with Crippen molar-refractivity contribution in [3.8, 4) is 0 Å². The molecule has 1 saturated carbocycles. The molecule has 0 atom stereocenters. The van der Waals surface area contributed by atoms with Gasteiger partial charge in [0.2, 0.25) is 0 Å². The van der Waals surface area contributed by atoms with Crippen LogP contribution in [0.5, 0.6) is 0 Å². The number of nitrogens with zero attached hydrogens (tertiary/aromatic N) is 2. The predicted molar refractivity (Wildman–Crippen MR) is 76.4 cm³/mol. The van der Waals surface area contributed by atoms with Gasteiger partial charge in [0.05, 0.1) is 23.6 Å². The van der Waals surface area contributed by atoms with Gasteiger partial charge in [0, 0.05) is 12.1 Å². The summed E-state index contributed by atoms with van der Waals surface area (Å²) >= 11 is 1.83. The average molecular weight is 280 g/mol. The fourth-order valence-corrected chi connectivity index (χ4v) is 2.60. The summed E-state index contributed by atoms with van der Waals surface area (Å²) in [7, 11) is 0. The highest BCUT2D eigenvalue weighted by Crippen LogP contribution is 2.40. The van der Waals surface area contributed by atoms with Crippen molar-refractivity contribution in [1.29, 1.82) is 0 Å². The van der Waals surface area contributed by atoms with Crippen molar-refractivity contribution in [2.45, 2.75) is 44.8 Å². The number of rotatable bonds is 7. The van der Waals surface area contributed by atoms with Crippen LogP contribution in [0.1, 0.15) is 60.9 Å². The number of aromatic nitrogens is 2. The fraction of sp³-hybridized carbons (Fsp3) is 0.643. The molecule has 0 spiro atoms. The summed E-state index contributed by atoms with van der Waals surface area (Å²) in [6.45, 7) is 4.36. The Hall–Kier alpha value is -1.10. The quantitative estimate of drug-likeness (QED) is 0.567. The van der Waals surface area contributed by atoms with Gasteiger partial charge in [-0.1, -0.05) is 6.92 Å². The maximum atomic E-state index is 11.9. The van der Waals surface area contributed by atoms with Crippen LogP contribution in [0.3, 0.4) is 0 Å². The molecule has 0 N–H and O–H groups in total. The fourth-order valence-electron chi connectivity index (χ4n) is 1.84. The second kappa shape index (κ2) is 6.89. The minimum absolute atomic E-state index is 0.294. The van der Waals surface area contributed by atoms with Gasteiger partial charge >= 0.3 is 5.97 Å². The van der Waals surface area contributed by atoms with Crippen LogP contribution in [0.15, 0.2) is 6.20 Å². The molecule has 1 heterocycles. The normalized spacial score (nSPS) is 14.4. The lowest BCUT2D eigenvalue weighted by molar-refractivity contribution is 0.0524. The Labute approximate surface area is 118 Å². The molecule has 0 saturated heterocycles. The van der Waals surface area contributed by atoms with Crippen LogP contribution in [-0.2, 0) is 10.5 Å². The van der Waals surface area contributed by atoms with Crippen LogP contribution < -0.4 is 0 Å². The molecule has 104 valence electrons. The Kier molecular flexibility index (Phi) is 5.19. The molecule has 0 bridgehead atoms. The summed E-state index contributed by atoms with van der Waals surface area (Å²) in [6, 6.07) is 0. The number of hydrogen-bond acceptors (Lipinski definition) is 5. The second-order valence-corrected chi connectivity index (χ2v) is 5.74. The molecule has 1 aliphatic carbocycles. The van der Waals surface area contributed by atoms with E-state index in [0.717, 1.165) is 42.3 Å². The van der Waals surface area contributed by atoms with Crippen LogP contribution in [0, 0.1) is 0 Å². The molecular formula is C14H20N2O2S. The van der Waals surface area contributed by atoms with Crippen molar-refractivity contribution in [2.24, 2.45) is 0 Å². The van der Waals surface area contributed by atoms with E-state index in [0.29, 0.717) is 18.1 Å². The molecule has 4 nitrogen and oxygen atoms in total. The molecule has 19 heavy (non-hydrogen) atoms. The lowest BCUT2D eigenvalue weighted by Gasteiger charge is -2.08. The van der Waals surface area contributed by atoms with Gasteiger partial charge in [-0.05, 0) is 31.9 Å². The summed E-state index contributed by atoms with van der Waals surface area (Å²) in [6.07, 6.45) is 5.03. The zero-order valence-electron chi connectivity index (χ0n) is 11.5. The van der Waals surface area contributed by atoms with Gasteiger partial charge in [0.25, 0.3) is 0 Å². The Morgan fingerprint density at radius 2 is 2.26 bits per heavy atom. The number of carbonyl (C=O) groups excluding carboxylic acids is 1. The van der Waals surface area contributed by atoms with Crippen molar-refractivity contribution < 1.29 is 9.53 Å². The number of hydrogen-bond donors (Lipinski definition) is 0. The average Bonchev–Trinajstić information content (AvgIpc) is 3.23. The van der Waals surface area contributed by atoms with Crippen LogP contribution in [0.4, 0.5) is 0 Å². The monoisotopic (exact) mass is 280 g/mol. The summed E-state index contributed by atoms with van der Waals surface area (Å²) in [5.41, 5.74) is 1.44. The lowest BCUT2D eigenvalue weighted by Crippen LogP contribution is -2.11. The van der Waals surface area contributed by atoms with Gasteiger partial charge in [0.1, 0.15) is 5.82 Å². The molecule has 0 amide bonds. The third kappa shape index (κ3) is 3.93. The molecule has 5 heteroatoms. The zero-order chi connectivity index (χ0) is 13.7. The van der Waals surface area contributed by atoms with E-state index in [1.807, 2.05) is 18.7 Å². The first-order chi connectivity index (χ1) is 9.26. The van der Waals surface area contributed by atoms with Crippen LogP contribution in [0.25, 0.3) is 0 Å². The summed E-state index contributed by atoms with van der Waals surface area (Å²) < 4.78 is 5.06. The van der Waals surface area contributed by atoms with Crippen molar-refractivity contribution >= 4 is 17.7 Å². The van der Waals surface area contributed by atoms with Gasteiger partial charge in [-0.2, -0.15) is 11.8 Å². The predicted octanol–water partition coefficient (Wildman–Crippen LogP) is 3.17. The number of carbonyl (C=O) groups is 1. The number of thioether (sulfide) groups is 1. The first-order valence-corrected chi connectivity index (χ1v) is 8.02. The van der Waals surface area contributed by atoms with Gasteiger partial charge < -0.3 is 4.74 Å². The zero-order valence-corrected chi connectivity index (χ0v) is 12.3. The SMILES string of the molecule is CCCSCc1ncc(C(=O)OCC)c(C2CC2)n1. The van der Waals surface area contributed by atoms with Crippen molar-refractivity contribution in [3.05, 3.63) is 23.3 Å². The van der Waals surface area contributed by atoms with Gasteiger partial charge in [-0.15, -0.1) is 0 Å². The van der Waals surface area contributed by atoms with E-state index in [1.165, 1.54) is 0 Å². The van der Waals surface area contributed by atoms with Gasteiger partial charge in [-0.3, -0.25) is 0 Å². The van der Waals surface area contributed by atoms with Crippen LogP contribution >= 0.6 is 11.8 Å². The van der Waals surface area contributed by atoms with E-state index >= 15 is 0 Å². The van der Waals surface area contributed by atoms with E-state index < -0.39 is 0 Å². The summed E-state index contributed by atoms with van der Waals surface area (Å²) in [5, 5.41) is 0. The van der Waals surface area contributed by atoms with Gasteiger partial charge in [0.15, 0.2) is 0 Å². The highest BCUT2D eigenvalue weighted by molar-refractivity contribution is 7.98. The molecule has 1 aliphatic rings. The van der Waals surface area contributed by atoms with E-state index in [-0.39, 0.29) is 5.97 Å². The first kappa shape index (κ1) is 14.3. The third-order valence-corrected chi connectivity index (χ3v) is 4.07. The molecular weight excluding hydrogens is 260 g/mol. The molecule has 0 unspecified atom stereocenters. The van der Waals surface area contributed by atoms with Crippen molar-refractivity contribution in [3.63, 3.8) is 0 Å². The largest absolute Gasteiger partial charge is 0.462 e. The minimum Gasteiger partial charge on any atom is -0.462 e. The van der Waals surface area contributed by atoms with Gasteiger partial charge in [-0.25, -0.2) is 14.8 Å². The standard InChI is InChI=1S/C14H20N2O2S/c1-3-7-19-9-12-15-8-11(14(17)18-4-2)13(16-12)10-5-6-10/h8,10H,3-7,9H2,1-2H3. The molecule has 1 aromatic heterocycles. The van der Waals surface area contributed by atoms with Crippen molar-refractivity contribution in [2.75, 3.05) is 12.4 Å². The lowest BCUT2D eigenvalue weighted by atomic mass is 10.1. The highest BCUT2D eigenvalue weighted by Gasteiger charge is 2.30. The Morgan fingerprint density at radius 1 is 1.47 bits per heavy atom. The molecule has 2 rings (SSSR count). The van der Waals surface area contributed by atoms with E-state index in [2.05, 4.69) is 16.9 Å². The number of esters is 1. The topological polar surface area (TPSA) is 52.1 Å². The highest BCUT2D eigenvalue weighted by atomic mass is 32.2. The summed E-state index contributed by atoms with van der Waals surface area (Å²) in [5.74, 6) is 2.89. The van der Waals surface area contributed by atoms with E-state index in [4.69, 9.17) is 4.74 Å². The van der Waals surface area contributed by atoms with Crippen LogP contribution in [0.2, 0.25) is 0 Å². The third-order valence-electron chi connectivity index (χ3n) is 2.91. The summed E-state index contributed by atoms with van der Waals surface area (Å²) in [4.78, 5) is 20.7. The Morgan fingerprint density at radius 3 is 2.89 bits per heavy atom. The first-order valence-electron chi connectivity index (χ1n) is 6.86. The molecule has 0 radical (unpaired) electrons. The molecule has 0 aromatic carbocycles. The van der Waals surface area contributed by atoms with Crippen LogP contribution in [-0.4, -0.2) is 28.3 Å².